The summed E-state index contributed by atoms with van der Waals surface area (Å²) in [7, 11) is 0. The third-order valence-corrected chi connectivity index (χ3v) is 7.57. The predicted molar refractivity (Wildman–Crippen MR) is 126 cm³/mol. The van der Waals surface area contributed by atoms with Crippen LogP contribution >= 0.6 is 22.9 Å². The third-order valence-electron chi connectivity index (χ3n) is 6.16. The largest absolute Gasteiger partial charge is 0.390 e. The molecule has 1 aliphatic carbocycles. The van der Waals surface area contributed by atoms with Crippen molar-refractivity contribution in [1.29, 1.82) is 0 Å². The molecular formula is C22H28ClN5O3S. The Bertz CT molecular complexity index is 1090. The quantitative estimate of drug-likeness (QED) is 0.397. The lowest BCUT2D eigenvalue weighted by Gasteiger charge is -2.20. The molecule has 172 valence electrons. The Kier molecular flexibility index (Phi) is 6.99. The lowest BCUT2D eigenvalue weighted by molar-refractivity contribution is -0.128. The maximum atomic E-state index is 12.3. The zero-order valence-corrected chi connectivity index (χ0v) is 19.6. The van der Waals surface area contributed by atoms with Crippen LogP contribution in [0.1, 0.15) is 37.6 Å². The zero-order chi connectivity index (χ0) is 22.8. The summed E-state index contributed by atoms with van der Waals surface area (Å²) >= 11 is 7.92. The molecule has 0 saturated heterocycles. The summed E-state index contributed by atoms with van der Waals surface area (Å²) in [5.41, 5.74) is 0.652. The van der Waals surface area contributed by atoms with Gasteiger partial charge in [0.15, 0.2) is 0 Å². The summed E-state index contributed by atoms with van der Waals surface area (Å²) in [5.74, 6) is -0.193. The molecule has 0 aromatic carbocycles. The van der Waals surface area contributed by atoms with Crippen molar-refractivity contribution in [3.05, 3.63) is 39.9 Å². The first kappa shape index (κ1) is 23.0. The average Bonchev–Trinajstić information content (AvgIpc) is 3.47. The average molecular weight is 478 g/mol. The van der Waals surface area contributed by atoms with Crippen molar-refractivity contribution in [3.8, 4) is 0 Å². The molecule has 4 rings (SSSR count). The zero-order valence-electron chi connectivity index (χ0n) is 18.0. The van der Waals surface area contributed by atoms with Gasteiger partial charge in [0.2, 0.25) is 5.91 Å². The highest BCUT2D eigenvalue weighted by Gasteiger charge is 2.46. The van der Waals surface area contributed by atoms with Gasteiger partial charge in [0.05, 0.1) is 28.5 Å². The SMILES string of the molecule is CCNC(=O)[C@H]1CC(n2ccc3c(NC(CC)Cc4sccc4Cl)ncnc32)[C@H](O)[C@@H]1O. The van der Waals surface area contributed by atoms with Gasteiger partial charge in [-0.25, -0.2) is 9.97 Å². The van der Waals surface area contributed by atoms with Crippen molar-refractivity contribution >= 4 is 45.7 Å². The molecule has 1 aliphatic rings. The Balaban J connectivity index is 1.58. The highest BCUT2D eigenvalue weighted by Crippen LogP contribution is 2.38. The molecule has 3 aromatic heterocycles. The number of halogens is 1. The first-order chi connectivity index (χ1) is 15.4. The Labute approximate surface area is 195 Å². The van der Waals surface area contributed by atoms with Gasteiger partial charge in [0.25, 0.3) is 0 Å². The number of aliphatic hydroxyl groups is 2. The number of anilines is 1. The standard InChI is InChI=1S/C22H28ClN5O3S/c1-3-12(9-17-15(23)6-8-32-17)27-20-13-5-7-28(21(13)26-11-25-20)16-10-14(18(29)19(16)30)22(31)24-4-2/h5-8,11-12,14,16,18-19,29-30H,3-4,9-10H2,1-2H3,(H,24,31)(H,25,26,27)/t12?,14-,16?,18+,19-/m0/s1. The number of fused-ring (bicyclic) bond motifs is 1. The Morgan fingerprint density at radius 1 is 1.31 bits per heavy atom. The fraction of sp³-hybridized carbons (Fsp3) is 0.500. The van der Waals surface area contributed by atoms with E-state index in [9.17, 15) is 15.0 Å². The number of nitrogens with zero attached hydrogens (tertiary/aromatic N) is 3. The second-order valence-corrected chi connectivity index (χ2v) is 9.52. The van der Waals surface area contributed by atoms with Crippen molar-refractivity contribution in [2.24, 2.45) is 5.92 Å². The van der Waals surface area contributed by atoms with E-state index in [4.69, 9.17) is 11.6 Å². The highest BCUT2D eigenvalue weighted by atomic mass is 35.5. The maximum Gasteiger partial charge on any atom is 0.225 e. The molecule has 1 saturated carbocycles. The van der Waals surface area contributed by atoms with Crippen LogP contribution in [0.4, 0.5) is 5.82 Å². The molecule has 0 aliphatic heterocycles. The summed E-state index contributed by atoms with van der Waals surface area (Å²) in [4.78, 5) is 22.3. The van der Waals surface area contributed by atoms with Crippen LogP contribution in [0.3, 0.4) is 0 Å². The number of carbonyl (C=O) groups is 1. The second-order valence-electron chi connectivity index (χ2n) is 8.11. The van der Waals surface area contributed by atoms with E-state index in [2.05, 4.69) is 27.5 Å². The molecular weight excluding hydrogens is 450 g/mol. The number of carbonyl (C=O) groups excluding carboxylic acids is 1. The summed E-state index contributed by atoms with van der Waals surface area (Å²) in [6, 6.07) is 3.51. The number of thiophene rings is 1. The van der Waals surface area contributed by atoms with Crippen molar-refractivity contribution in [1.82, 2.24) is 19.9 Å². The van der Waals surface area contributed by atoms with E-state index < -0.39 is 24.2 Å². The third kappa shape index (κ3) is 4.34. The lowest BCUT2D eigenvalue weighted by atomic mass is 10.0. The molecule has 1 amide bonds. The van der Waals surface area contributed by atoms with E-state index in [0.717, 1.165) is 28.1 Å². The first-order valence-electron chi connectivity index (χ1n) is 10.9. The van der Waals surface area contributed by atoms with Gasteiger partial charge in [-0.05, 0) is 37.3 Å². The van der Waals surface area contributed by atoms with E-state index in [1.54, 1.807) is 11.3 Å². The number of nitrogens with one attached hydrogen (secondary N) is 2. The molecule has 0 bridgehead atoms. The van der Waals surface area contributed by atoms with Gasteiger partial charge in [-0.2, -0.15) is 0 Å². The first-order valence-corrected chi connectivity index (χ1v) is 12.1. The highest BCUT2D eigenvalue weighted by molar-refractivity contribution is 7.10. The molecule has 5 atom stereocenters. The van der Waals surface area contributed by atoms with Crippen molar-refractivity contribution < 1.29 is 15.0 Å². The Morgan fingerprint density at radius 3 is 2.81 bits per heavy atom. The minimum Gasteiger partial charge on any atom is -0.390 e. The molecule has 32 heavy (non-hydrogen) atoms. The van der Waals surface area contributed by atoms with Crippen LogP contribution < -0.4 is 10.6 Å². The smallest absolute Gasteiger partial charge is 0.225 e. The molecule has 3 aromatic rings. The van der Waals surface area contributed by atoms with E-state index in [-0.39, 0.29) is 11.9 Å². The Morgan fingerprint density at radius 2 is 2.12 bits per heavy atom. The topological polar surface area (TPSA) is 112 Å². The summed E-state index contributed by atoms with van der Waals surface area (Å²) in [6.45, 7) is 4.42. The van der Waals surface area contributed by atoms with Crippen molar-refractivity contribution in [2.75, 3.05) is 11.9 Å². The van der Waals surface area contributed by atoms with Crippen LogP contribution in [0.2, 0.25) is 5.02 Å². The second kappa shape index (κ2) is 9.74. The maximum absolute atomic E-state index is 12.3. The van der Waals surface area contributed by atoms with E-state index >= 15 is 0 Å². The van der Waals surface area contributed by atoms with Gasteiger partial charge in [-0.3, -0.25) is 4.79 Å². The summed E-state index contributed by atoms with van der Waals surface area (Å²) < 4.78 is 1.84. The van der Waals surface area contributed by atoms with E-state index in [1.807, 2.05) is 35.2 Å². The van der Waals surface area contributed by atoms with Gasteiger partial charge in [-0.15, -0.1) is 11.3 Å². The predicted octanol–water partition coefficient (Wildman–Crippen LogP) is 3.00. The van der Waals surface area contributed by atoms with Crippen LogP contribution in [0.25, 0.3) is 11.0 Å². The molecule has 8 nitrogen and oxygen atoms in total. The van der Waals surface area contributed by atoms with Gasteiger partial charge < -0.3 is 25.4 Å². The number of aromatic nitrogens is 3. The van der Waals surface area contributed by atoms with Gasteiger partial charge in [-0.1, -0.05) is 18.5 Å². The molecule has 2 unspecified atom stereocenters. The van der Waals surface area contributed by atoms with Crippen molar-refractivity contribution in [2.45, 2.75) is 57.4 Å². The summed E-state index contributed by atoms with van der Waals surface area (Å²) in [5, 5.41) is 31.0. The minimum atomic E-state index is -1.12. The molecule has 1 fully saturated rings. The van der Waals surface area contributed by atoms with Gasteiger partial charge in [0, 0.05) is 30.1 Å². The van der Waals surface area contributed by atoms with Crippen LogP contribution in [-0.4, -0.2) is 55.4 Å². The molecule has 0 spiro atoms. The summed E-state index contributed by atoms with van der Waals surface area (Å²) in [6.07, 6.45) is 3.16. The lowest BCUT2D eigenvalue weighted by Crippen LogP contribution is -2.38. The van der Waals surface area contributed by atoms with Gasteiger partial charge >= 0.3 is 0 Å². The van der Waals surface area contributed by atoms with Crippen LogP contribution in [0.5, 0.6) is 0 Å². The number of amides is 1. The van der Waals surface area contributed by atoms with Crippen molar-refractivity contribution in [3.63, 3.8) is 0 Å². The van der Waals surface area contributed by atoms with Crippen LogP contribution in [0, 0.1) is 5.92 Å². The normalized spacial score (nSPS) is 24.0. The number of hydrogen-bond acceptors (Lipinski definition) is 7. The fourth-order valence-electron chi connectivity index (χ4n) is 4.39. The molecule has 3 heterocycles. The van der Waals surface area contributed by atoms with Crippen LogP contribution in [-0.2, 0) is 11.2 Å². The van der Waals surface area contributed by atoms with Crippen LogP contribution in [0.15, 0.2) is 30.0 Å². The monoisotopic (exact) mass is 477 g/mol. The molecule has 0 radical (unpaired) electrons. The molecule has 10 heteroatoms. The minimum absolute atomic E-state index is 0.147. The number of aliphatic hydroxyl groups excluding tert-OH is 2. The Hall–Kier alpha value is -2.20. The number of rotatable bonds is 8. The number of hydrogen-bond donors (Lipinski definition) is 4. The fourth-order valence-corrected chi connectivity index (χ4v) is 5.58. The van der Waals surface area contributed by atoms with E-state index in [0.29, 0.717) is 24.4 Å². The van der Waals surface area contributed by atoms with E-state index in [1.165, 1.54) is 6.33 Å². The molecule has 4 N–H and O–H groups in total. The van der Waals surface area contributed by atoms with Gasteiger partial charge in [0.1, 0.15) is 23.9 Å².